The largest absolute Gasteiger partial charge is 0.378 e. The first-order valence-electron chi connectivity index (χ1n) is 10.7. The summed E-state index contributed by atoms with van der Waals surface area (Å²) in [5.74, 6) is 0.688. The van der Waals surface area contributed by atoms with Crippen LogP contribution in [0.3, 0.4) is 0 Å². The van der Waals surface area contributed by atoms with Gasteiger partial charge in [-0.15, -0.1) is 0 Å². The molecule has 0 aromatic heterocycles. The van der Waals surface area contributed by atoms with Gasteiger partial charge in [-0.2, -0.15) is 0 Å². The molecule has 27 heavy (non-hydrogen) atoms. The normalized spacial score (nSPS) is 26.1. The summed E-state index contributed by atoms with van der Waals surface area (Å²) in [6.45, 7) is 10.1. The van der Waals surface area contributed by atoms with Crippen molar-refractivity contribution in [3.05, 3.63) is 0 Å². The molecule has 3 aliphatic rings. The molecule has 1 atom stereocenters. The maximum absolute atomic E-state index is 12.8. The Kier molecular flexibility index (Phi) is 7.49. The van der Waals surface area contributed by atoms with Crippen molar-refractivity contribution < 1.29 is 14.3 Å². The summed E-state index contributed by atoms with van der Waals surface area (Å²) in [6.07, 6.45) is 4.33. The number of rotatable bonds is 5. The zero-order valence-corrected chi connectivity index (χ0v) is 17.1. The van der Waals surface area contributed by atoms with Gasteiger partial charge in [-0.1, -0.05) is 0 Å². The van der Waals surface area contributed by atoms with E-state index >= 15 is 0 Å². The van der Waals surface area contributed by atoms with Crippen molar-refractivity contribution in [1.82, 2.24) is 19.6 Å². The average molecular weight is 381 g/mol. The van der Waals surface area contributed by atoms with Gasteiger partial charge in [-0.3, -0.25) is 19.4 Å². The summed E-state index contributed by atoms with van der Waals surface area (Å²) >= 11 is 0. The number of carbonyl (C=O) groups is 2. The van der Waals surface area contributed by atoms with Gasteiger partial charge in [-0.05, 0) is 39.2 Å². The van der Waals surface area contributed by atoms with Crippen LogP contribution in [0.5, 0.6) is 0 Å². The highest BCUT2D eigenvalue weighted by Crippen LogP contribution is 2.25. The van der Waals surface area contributed by atoms with E-state index in [0.717, 1.165) is 71.5 Å². The minimum absolute atomic E-state index is 0.148. The predicted octanol–water partition coefficient (Wildman–Crippen LogP) is 0.500. The Morgan fingerprint density at radius 1 is 1.04 bits per heavy atom. The Labute approximate surface area is 163 Å². The van der Waals surface area contributed by atoms with Crippen molar-refractivity contribution >= 4 is 11.8 Å². The SMILES string of the molecule is CCN(C)C(=O)CN1CCC(N2CCCC(C(=O)N3CCOCC3)C2)CC1. The molecule has 3 rings (SSSR count). The van der Waals surface area contributed by atoms with E-state index in [-0.39, 0.29) is 11.8 Å². The molecule has 0 aromatic rings. The van der Waals surface area contributed by atoms with Gasteiger partial charge < -0.3 is 14.5 Å². The number of morpholine rings is 1. The summed E-state index contributed by atoms with van der Waals surface area (Å²) in [7, 11) is 1.87. The number of piperidine rings is 2. The number of hydrogen-bond acceptors (Lipinski definition) is 5. The van der Waals surface area contributed by atoms with Crippen molar-refractivity contribution in [3.63, 3.8) is 0 Å². The zero-order chi connectivity index (χ0) is 19.2. The van der Waals surface area contributed by atoms with E-state index in [9.17, 15) is 9.59 Å². The third-order valence-corrected chi connectivity index (χ3v) is 6.46. The Morgan fingerprint density at radius 3 is 2.41 bits per heavy atom. The van der Waals surface area contributed by atoms with Crippen molar-refractivity contribution in [2.45, 2.75) is 38.6 Å². The summed E-state index contributed by atoms with van der Waals surface area (Å²) in [6, 6.07) is 0.556. The molecule has 1 unspecified atom stereocenters. The van der Waals surface area contributed by atoms with E-state index in [4.69, 9.17) is 4.74 Å². The molecule has 0 bridgehead atoms. The van der Waals surface area contributed by atoms with Crippen LogP contribution in [-0.4, -0.2) is 110 Å². The standard InChI is InChI=1S/C20H36N4O3/c1-3-21(2)19(25)16-22-9-6-18(7-10-22)24-8-4-5-17(15-24)20(26)23-11-13-27-14-12-23/h17-18H,3-16H2,1-2H3. The number of hydrogen-bond donors (Lipinski definition) is 0. The second-order valence-electron chi connectivity index (χ2n) is 8.19. The molecule has 2 amide bonds. The maximum atomic E-state index is 12.8. The molecular formula is C20H36N4O3. The summed E-state index contributed by atoms with van der Waals surface area (Å²) in [4.78, 5) is 33.6. The van der Waals surface area contributed by atoms with Gasteiger partial charge in [0, 0.05) is 52.4 Å². The summed E-state index contributed by atoms with van der Waals surface area (Å²) in [5.41, 5.74) is 0. The van der Waals surface area contributed by atoms with E-state index in [1.807, 2.05) is 18.9 Å². The van der Waals surface area contributed by atoms with E-state index in [1.165, 1.54) is 0 Å². The Morgan fingerprint density at radius 2 is 1.74 bits per heavy atom. The van der Waals surface area contributed by atoms with Crippen LogP contribution in [0.4, 0.5) is 0 Å². The lowest BCUT2D eigenvalue weighted by molar-refractivity contribution is -0.142. The van der Waals surface area contributed by atoms with Gasteiger partial charge in [0.15, 0.2) is 0 Å². The highest BCUT2D eigenvalue weighted by atomic mass is 16.5. The molecule has 3 aliphatic heterocycles. The van der Waals surface area contributed by atoms with Crippen LogP contribution in [0.1, 0.15) is 32.6 Å². The van der Waals surface area contributed by atoms with Crippen LogP contribution in [0.25, 0.3) is 0 Å². The van der Waals surface area contributed by atoms with E-state index < -0.39 is 0 Å². The molecule has 0 aliphatic carbocycles. The molecule has 0 N–H and O–H groups in total. The van der Waals surface area contributed by atoms with Crippen LogP contribution in [-0.2, 0) is 14.3 Å². The van der Waals surface area contributed by atoms with Gasteiger partial charge in [0.25, 0.3) is 0 Å². The Balaban J connectivity index is 1.45. The number of carbonyl (C=O) groups excluding carboxylic acids is 2. The topological polar surface area (TPSA) is 56.3 Å². The monoisotopic (exact) mass is 380 g/mol. The lowest BCUT2D eigenvalue weighted by Crippen LogP contribution is -2.53. The van der Waals surface area contributed by atoms with Gasteiger partial charge in [0.2, 0.25) is 11.8 Å². The van der Waals surface area contributed by atoms with E-state index in [1.54, 1.807) is 4.90 Å². The van der Waals surface area contributed by atoms with Crippen LogP contribution >= 0.6 is 0 Å². The molecule has 3 saturated heterocycles. The van der Waals surface area contributed by atoms with Crippen molar-refractivity contribution in [3.8, 4) is 0 Å². The van der Waals surface area contributed by atoms with Gasteiger partial charge in [-0.25, -0.2) is 0 Å². The minimum Gasteiger partial charge on any atom is -0.378 e. The molecular weight excluding hydrogens is 344 g/mol. The number of likely N-dealkylation sites (N-methyl/N-ethyl adjacent to an activating group) is 1. The van der Waals surface area contributed by atoms with Crippen molar-refractivity contribution in [2.24, 2.45) is 5.92 Å². The quantitative estimate of drug-likeness (QED) is 0.695. The number of nitrogens with zero attached hydrogens (tertiary/aromatic N) is 4. The molecule has 7 heteroatoms. The van der Waals surface area contributed by atoms with Gasteiger partial charge in [0.05, 0.1) is 25.7 Å². The fourth-order valence-electron chi connectivity index (χ4n) is 4.51. The zero-order valence-electron chi connectivity index (χ0n) is 17.1. The Hall–Kier alpha value is -1.18. The highest BCUT2D eigenvalue weighted by molar-refractivity contribution is 5.79. The molecule has 3 fully saturated rings. The van der Waals surface area contributed by atoms with Gasteiger partial charge >= 0.3 is 0 Å². The van der Waals surface area contributed by atoms with Crippen LogP contribution < -0.4 is 0 Å². The molecule has 0 radical (unpaired) electrons. The third-order valence-electron chi connectivity index (χ3n) is 6.46. The van der Waals surface area contributed by atoms with Crippen LogP contribution in [0.2, 0.25) is 0 Å². The fourth-order valence-corrected chi connectivity index (χ4v) is 4.51. The number of ether oxygens (including phenoxy) is 1. The first-order valence-corrected chi connectivity index (χ1v) is 10.7. The minimum atomic E-state index is 0.148. The van der Waals surface area contributed by atoms with Crippen LogP contribution in [0, 0.1) is 5.92 Å². The number of likely N-dealkylation sites (tertiary alicyclic amines) is 2. The summed E-state index contributed by atoms with van der Waals surface area (Å²) in [5, 5.41) is 0. The number of amides is 2. The second-order valence-corrected chi connectivity index (χ2v) is 8.19. The van der Waals surface area contributed by atoms with Crippen molar-refractivity contribution in [2.75, 3.05) is 72.6 Å². The fraction of sp³-hybridized carbons (Fsp3) is 0.900. The average Bonchev–Trinajstić information content (AvgIpc) is 2.73. The molecule has 7 nitrogen and oxygen atoms in total. The third kappa shape index (κ3) is 5.42. The molecule has 0 spiro atoms. The lowest BCUT2D eigenvalue weighted by Gasteiger charge is -2.43. The van der Waals surface area contributed by atoms with Crippen LogP contribution in [0.15, 0.2) is 0 Å². The highest BCUT2D eigenvalue weighted by Gasteiger charge is 2.34. The van der Waals surface area contributed by atoms with E-state index in [2.05, 4.69) is 9.80 Å². The predicted molar refractivity (Wildman–Crippen MR) is 104 cm³/mol. The molecule has 3 heterocycles. The maximum Gasteiger partial charge on any atom is 0.236 e. The molecule has 0 saturated carbocycles. The lowest BCUT2D eigenvalue weighted by atomic mass is 9.92. The van der Waals surface area contributed by atoms with E-state index in [0.29, 0.717) is 31.7 Å². The second kappa shape index (κ2) is 9.85. The Bertz CT molecular complexity index is 501. The smallest absolute Gasteiger partial charge is 0.236 e. The molecule has 0 aromatic carbocycles. The van der Waals surface area contributed by atoms with Crippen molar-refractivity contribution in [1.29, 1.82) is 0 Å². The first-order chi connectivity index (χ1) is 13.1. The molecule has 154 valence electrons. The summed E-state index contributed by atoms with van der Waals surface area (Å²) < 4.78 is 5.38. The van der Waals surface area contributed by atoms with Gasteiger partial charge in [0.1, 0.15) is 0 Å². The first kappa shape index (κ1) is 20.6.